The van der Waals surface area contributed by atoms with Crippen LogP contribution in [0.1, 0.15) is 128 Å². The first kappa shape index (κ1) is 58.9. The topological polar surface area (TPSA) is 110 Å². The monoisotopic (exact) mass is 1140 g/mol. The Bertz CT molecular complexity index is 3040. The number of hydrogen-bond donors (Lipinski definition) is 0. The average molecular weight is 1150 g/mol. The summed E-state index contributed by atoms with van der Waals surface area (Å²) in [5, 5.41) is 9.11. The Morgan fingerprint density at radius 3 is 1.22 bits per heavy atom. The van der Waals surface area contributed by atoms with Crippen LogP contribution in [0.4, 0.5) is 11.4 Å². The van der Waals surface area contributed by atoms with Crippen LogP contribution >= 0.6 is 22.7 Å². The van der Waals surface area contributed by atoms with Gasteiger partial charge in [-0.15, -0.1) is 22.7 Å². The number of unbranched alkanes of at least 4 members (excludes halogenated alkanes) is 15. The molecule has 0 amide bonds. The lowest BCUT2D eigenvalue weighted by atomic mass is 10.0. The molecule has 4 aromatic heterocycles. The Morgan fingerprint density at radius 1 is 0.415 bits per heavy atom. The number of anilines is 2. The summed E-state index contributed by atoms with van der Waals surface area (Å²) in [6.07, 6.45) is 21.1. The molecule has 0 bridgehead atoms. The number of aromatic nitrogens is 2. The van der Waals surface area contributed by atoms with Gasteiger partial charge in [-0.1, -0.05) is 89.2 Å². The minimum atomic E-state index is -0.223. The van der Waals surface area contributed by atoms with Crippen molar-refractivity contribution in [2.75, 3.05) is 88.5 Å². The SMILES string of the molecule is O=C(CCCCCCCCCCCCCCCCC(=O)Oc1ccc2ccc(OCCCCN3CCN(c4cccc5sccc45)CC3)cc2n1)Oc1ccc2ccc(OCCCCN3CCN(c4cccc5sccc45)CC3)cc2n1. The second kappa shape index (κ2) is 31.4. The van der Waals surface area contributed by atoms with E-state index in [9.17, 15) is 9.59 Å². The van der Waals surface area contributed by atoms with E-state index in [1.165, 1.54) is 82.9 Å². The minimum absolute atomic E-state index is 0.223. The second-order valence-electron chi connectivity index (χ2n) is 22.4. The first-order chi connectivity index (χ1) is 40.5. The van der Waals surface area contributed by atoms with Gasteiger partial charge in [0.25, 0.3) is 0 Å². The molecule has 10 rings (SSSR count). The second-order valence-corrected chi connectivity index (χ2v) is 24.3. The van der Waals surface area contributed by atoms with E-state index in [4.69, 9.17) is 18.9 Å². The van der Waals surface area contributed by atoms with E-state index in [0.29, 0.717) is 37.8 Å². The quantitative estimate of drug-likeness (QED) is 0.0289. The molecule has 2 fully saturated rings. The molecule has 2 aliphatic heterocycles. The summed E-state index contributed by atoms with van der Waals surface area (Å²) in [5.41, 5.74) is 4.27. The van der Waals surface area contributed by atoms with Crippen molar-refractivity contribution in [1.29, 1.82) is 0 Å². The minimum Gasteiger partial charge on any atom is -0.494 e. The van der Waals surface area contributed by atoms with Gasteiger partial charge in [0.2, 0.25) is 11.8 Å². The highest BCUT2D eigenvalue weighted by Crippen LogP contribution is 2.33. The van der Waals surface area contributed by atoms with E-state index in [1.54, 1.807) is 12.1 Å². The number of nitrogens with zero attached hydrogens (tertiary/aromatic N) is 6. The average Bonchev–Trinajstić information content (AvgIpc) is 4.36. The van der Waals surface area contributed by atoms with Crippen molar-refractivity contribution in [3.05, 3.63) is 120 Å². The maximum absolute atomic E-state index is 12.7. The third kappa shape index (κ3) is 17.6. The predicted molar refractivity (Wildman–Crippen MR) is 339 cm³/mol. The number of benzene rings is 4. The lowest BCUT2D eigenvalue weighted by Crippen LogP contribution is -2.46. The molecule has 4 aromatic carbocycles. The van der Waals surface area contributed by atoms with Crippen LogP contribution in [0.2, 0.25) is 0 Å². The van der Waals surface area contributed by atoms with Crippen molar-refractivity contribution in [2.45, 2.75) is 128 Å². The molecule has 0 aliphatic carbocycles. The maximum atomic E-state index is 12.7. The lowest BCUT2D eigenvalue weighted by Gasteiger charge is -2.36. The fraction of sp³-hybridized carbons (Fsp3) is 0.471. The van der Waals surface area contributed by atoms with E-state index in [2.05, 4.69) is 88.9 Å². The van der Waals surface area contributed by atoms with Crippen LogP contribution in [0, 0.1) is 0 Å². The highest BCUT2D eigenvalue weighted by molar-refractivity contribution is 7.17. The van der Waals surface area contributed by atoms with Crippen molar-refractivity contribution < 1.29 is 28.5 Å². The number of carbonyl (C=O) groups excluding carboxylic acids is 2. The number of thiophene rings is 2. The number of ether oxygens (including phenoxy) is 4. The molecule has 0 radical (unpaired) electrons. The fourth-order valence-electron chi connectivity index (χ4n) is 11.6. The maximum Gasteiger partial charge on any atom is 0.312 e. The van der Waals surface area contributed by atoms with Crippen LogP contribution in [-0.2, 0) is 9.59 Å². The third-order valence-electron chi connectivity index (χ3n) is 16.4. The molecule has 14 heteroatoms. The molecule has 12 nitrogen and oxygen atoms in total. The highest BCUT2D eigenvalue weighted by atomic mass is 32.1. The van der Waals surface area contributed by atoms with Crippen molar-refractivity contribution in [1.82, 2.24) is 19.8 Å². The van der Waals surface area contributed by atoms with Crippen LogP contribution in [0.3, 0.4) is 0 Å². The summed E-state index contributed by atoms with van der Waals surface area (Å²) in [5.74, 6) is 1.83. The van der Waals surface area contributed by atoms with Gasteiger partial charge in [-0.05, 0) is 135 Å². The first-order valence-electron chi connectivity index (χ1n) is 30.8. The molecule has 2 saturated heterocycles. The predicted octanol–water partition coefficient (Wildman–Crippen LogP) is 15.9. The van der Waals surface area contributed by atoms with Gasteiger partial charge in [-0.2, -0.15) is 0 Å². The van der Waals surface area contributed by atoms with Crippen molar-refractivity contribution in [3.63, 3.8) is 0 Å². The molecule has 0 N–H and O–H groups in total. The number of fused-ring (bicyclic) bond motifs is 4. The van der Waals surface area contributed by atoms with Crippen LogP contribution < -0.4 is 28.7 Å². The normalized spacial score (nSPS) is 14.3. The highest BCUT2D eigenvalue weighted by Gasteiger charge is 2.21. The Kier molecular flexibility index (Phi) is 22.5. The van der Waals surface area contributed by atoms with Gasteiger partial charge < -0.3 is 28.7 Å². The lowest BCUT2D eigenvalue weighted by molar-refractivity contribution is -0.135. The van der Waals surface area contributed by atoms with Crippen molar-refractivity contribution in [3.8, 4) is 23.3 Å². The van der Waals surface area contributed by atoms with Crippen molar-refractivity contribution >= 4 is 88.0 Å². The third-order valence-corrected chi connectivity index (χ3v) is 18.1. The number of esters is 2. The molecule has 2 aliphatic rings. The zero-order chi connectivity index (χ0) is 56.0. The molecular weight excluding hydrogens is 1060 g/mol. The molecule has 0 atom stereocenters. The number of pyridine rings is 2. The van der Waals surface area contributed by atoms with Crippen LogP contribution in [0.5, 0.6) is 23.3 Å². The molecule has 6 heterocycles. The van der Waals surface area contributed by atoms with Crippen LogP contribution in [0.25, 0.3) is 42.0 Å². The zero-order valence-corrected chi connectivity index (χ0v) is 49.8. The van der Waals surface area contributed by atoms with E-state index >= 15 is 0 Å². The summed E-state index contributed by atoms with van der Waals surface area (Å²) in [6, 6.07) is 37.2. The largest absolute Gasteiger partial charge is 0.494 e. The Hall–Kier alpha value is -6.32. The molecule has 0 saturated carbocycles. The van der Waals surface area contributed by atoms with Gasteiger partial charge in [-0.3, -0.25) is 19.4 Å². The van der Waals surface area contributed by atoms with E-state index in [1.807, 2.05) is 71.2 Å². The van der Waals surface area contributed by atoms with Gasteiger partial charge in [0.15, 0.2) is 0 Å². The molecule has 82 heavy (non-hydrogen) atoms. The molecular formula is C68H84N6O6S2. The van der Waals surface area contributed by atoms with Gasteiger partial charge in [0, 0.05) is 132 Å². The Morgan fingerprint density at radius 2 is 0.805 bits per heavy atom. The number of rotatable bonds is 33. The zero-order valence-electron chi connectivity index (χ0n) is 48.1. The number of hydrogen-bond acceptors (Lipinski definition) is 14. The summed E-state index contributed by atoms with van der Waals surface area (Å²) in [6.45, 7) is 12.1. The summed E-state index contributed by atoms with van der Waals surface area (Å²) < 4.78 is 26.3. The van der Waals surface area contributed by atoms with Crippen LogP contribution in [0.15, 0.2) is 120 Å². The van der Waals surface area contributed by atoms with Crippen LogP contribution in [-0.4, -0.2) is 110 Å². The standard InChI is InChI=1S/C68H84N6O6S2/c75-67(79-65-33-29-53-27-31-55(51-59(53)69-65)77-47-17-15-37-71-39-43-73(44-40-71)61-21-19-23-63-57(61)35-49-81-63)25-13-11-9-7-5-3-1-2-4-6-8-10-12-14-26-68(76)80-66-34-30-54-28-32-56(52-60(54)70-66)78-48-18-16-38-72-41-45-74(46-42-72)62-22-20-24-64-58(62)36-50-82-64/h19-24,27-36,49-52H,1-18,25-26,37-48H2. The summed E-state index contributed by atoms with van der Waals surface area (Å²) >= 11 is 3.63. The first-order valence-corrected chi connectivity index (χ1v) is 32.6. The van der Waals surface area contributed by atoms with Crippen molar-refractivity contribution in [2.24, 2.45) is 0 Å². The van der Waals surface area contributed by atoms with Gasteiger partial charge in [-0.25, -0.2) is 9.97 Å². The molecule has 8 aromatic rings. The van der Waals surface area contributed by atoms with Gasteiger partial charge in [0.05, 0.1) is 24.2 Å². The van der Waals surface area contributed by atoms with E-state index < -0.39 is 0 Å². The molecule has 434 valence electrons. The summed E-state index contributed by atoms with van der Waals surface area (Å²) in [7, 11) is 0. The smallest absolute Gasteiger partial charge is 0.312 e. The van der Waals surface area contributed by atoms with E-state index in [0.717, 1.165) is 163 Å². The molecule has 0 spiro atoms. The summed E-state index contributed by atoms with van der Waals surface area (Å²) in [4.78, 5) is 44.9. The number of piperazine rings is 2. The van der Waals surface area contributed by atoms with Gasteiger partial charge >= 0.3 is 11.9 Å². The van der Waals surface area contributed by atoms with Gasteiger partial charge in [0.1, 0.15) is 11.5 Å². The fourth-order valence-corrected chi connectivity index (χ4v) is 13.2. The van der Waals surface area contributed by atoms with E-state index in [-0.39, 0.29) is 11.9 Å². The number of carbonyl (C=O) groups is 2. The Balaban J connectivity index is 0.494. The Labute approximate surface area is 493 Å². The molecule has 0 unspecified atom stereocenters.